The third kappa shape index (κ3) is 4.08. The lowest BCUT2D eigenvalue weighted by atomic mass is 10.0. The summed E-state index contributed by atoms with van der Waals surface area (Å²) in [6.07, 6.45) is 2.17. The van der Waals surface area contributed by atoms with E-state index in [1.54, 1.807) is 0 Å². The molecule has 1 aliphatic heterocycles. The van der Waals surface area contributed by atoms with Gasteiger partial charge in [-0.25, -0.2) is 4.99 Å². The highest BCUT2D eigenvalue weighted by Crippen LogP contribution is 2.26. The number of hydrogen-bond donors (Lipinski definition) is 0. The first-order chi connectivity index (χ1) is 10.2. The van der Waals surface area contributed by atoms with Crippen molar-refractivity contribution < 1.29 is 9.16 Å². The van der Waals surface area contributed by atoms with E-state index in [0.29, 0.717) is 6.61 Å². The van der Waals surface area contributed by atoms with Crippen LogP contribution in [0.5, 0.6) is 0 Å². The molecule has 0 aromatic heterocycles. The van der Waals surface area contributed by atoms with Crippen molar-refractivity contribution in [2.45, 2.75) is 46.3 Å². The van der Waals surface area contributed by atoms with E-state index in [4.69, 9.17) is 14.2 Å². The van der Waals surface area contributed by atoms with Crippen molar-refractivity contribution in [2.24, 2.45) is 4.99 Å². The number of hydrogen-bond acceptors (Lipinski definition) is 3. The molecule has 120 valence electrons. The van der Waals surface area contributed by atoms with Crippen LogP contribution in [0.2, 0.25) is 13.1 Å². The predicted molar refractivity (Wildman–Crippen MR) is 95.9 cm³/mol. The molecule has 1 aliphatic rings. The van der Waals surface area contributed by atoms with Gasteiger partial charge in [-0.3, -0.25) is 0 Å². The van der Waals surface area contributed by atoms with Gasteiger partial charge in [0.1, 0.15) is 6.61 Å². The van der Waals surface area contributed by atoms with Crippen LogP contribution < -0.4 is 0 Å². The Labute approximate surface area is 135 Å². The summed E-state index contributed by atoms with van der Waals surface area (Å²) >= 11 is 0. The Balaban J connectivity index is 2.38. The smallest absolute Gasteiger partial charge is 0.217 e. The first kappa shape index (κ1) is 17.0. The minimum absolute atomic E-state index is 0.141. The zero-order valence-electron chi connectivity index (χ0n) is 14.6. The van der Waals surface area contributed by atoms with Gasteiger partial charge < -0.3 is 9.16 Å². The quantitative estimate of drug-likeness (QED) is 0.756. The van der Waals surface area contributed by atoms with Crippen molar-refractivity contribution in [2.75, 3.05) is 13.2 Å². The standard InChI is InChI=1S/C18H27NO2Si/c1-7-21-22(5,6)12-11-15-10-8-9-14(2)16(15)17-19-18(3,4)13-20-17/h8-12H,7,13H2,1-6H3/b12-11+. The maximum absolute atomic E-state index is 5.87. The van der Waals surface area contributed by atoms with E-state index >= 15 is 0 Å². The third-order valence-corrected chi connectivity index (χ3v) is 5.67. The van der Waals surface area contributed by atoms with Crippen LogP contribution in [0.15, 0.2) is 28.9 Å². The molecule has 1 aromatic carbocycles. The summed E-state index contributed by atoms with van der Waals surface area (Å²) < 4.78 is 11.7. The molecule has 0 amide bonds. The van der Waals surface area contributed by atoms with Crippen molar-refractivity contribution in [3.05, 3.63) is 40.6 Å². The maximum Gasteiger partial charge on any atom is 0.217 e. The highest BCUT2D eigenvalue weighted by Gasteiger charge is 2.28. The van der Waals surface area contributed by atoms with Gasteiger partial charge in [0.2, 0.25) is 14.2 Å². The van der Waals surface area contributed by atoms with E-state index in [1.807, 2.05) is 6.92 Å². The zero-order valence-corrected chi connectivity index (χ0v) is 15.6. The molecule has 0 unspecified atom stereocenters. The van der Waals surface area contributed by atoms with Crippen LogP contribution in [0.3, 0.4) is 0 Å². The lowest BCUT2D eigenvalue weighted by Gasteiger charge is -2.17. The molecular weight excluding hydrogens is 290 g/mol. The van der Waals surface area contributed by atoms with E-state index < -0.39 is 8.32 Å². The fourth-order valence-corrected chi connectivity index (χ4v) is 3.97. The first-order valence-corrected chi connectivity index (χ1v) is 10.9. The molecule has 1 heterocycles. The maximum atomic E-state index is 5.87. The zero-order chi connectivity index (χ0) is 16.4. The number of aliphatic imine (C=N–C) groups is 1. The van der Waals surface area contributed by atoms with Gasteiger partial charge in [0.05, 0.1) is 5.54 Å². The fourth-order valence-electron chi connectivity index (χ4n) is 2.54. The molecule has 0 N–H and O–H groups in total. The molecule has 0 radical (unpaired) electrons. The van der Waals surface area contributed by atoms with Crippen LogP contribution in [0.1, 0.15) is 37.5 Å². The van der Waals surface area contributed by atoms with Gasteiger partial charge in [0.25, 0.3) is 0 Å². The van der Waals surface area contributed by atoms with Crippen molar-refractivity contribution >= 4 is 20.3 Å². The van der Waals surface area contributed by atoms with E-state index in [-0.39, 0.29) is 5.54 Å². The summed E-state index contributed by atoms with van der Waals surface area (Å²) in [7, 11) is -1.76. The van der Waals surface area contributed by atoms with Gasteiger partial charge in [-0.15, -0.1) is 0 Å². The summed E-state index contributed by atoms with van der Waals surface area (Å²) in [5.74, 6) is 0.763. The van der Waals surface area contributed by atoms with Crippen molar-refractivity contribution in [3.8, 4) is 0 Å². The normalized spacial score (nSPS) is 17.6. The van der Waals surface area contributed by atoms with Crippen molar-refractivity contribution in [1.29, 1.82) is 0 Å². The predicted octanol–water partition coefficient (Wildman–Crippen LogP) is 4.34. The van der Waals surface area contributed by atoms with E-state index in [2.05, 4.69) is 63.8 Å². The summed E-state index contributed by atoms with van der Waals surface area (Å²) in [5.41, 5.74) is 5.53. The Bertz CT molecular complexity index is 603. The Morgan fingerprint density at radius 2 is 2.09 bits per heavy atom. The molecule has 0 atom stereocenters. The van der Waals surface area contributed by atoms with Gasteiger partial charge in [-0.2, -0.15) is 0 Å². The van der Waals surface area contributed by atoms with Crippen molar-refractivity contribution in [1.82, 2.24) is 0 Å². The fraction of sp³-hybridized carbons (Fsp3) is 0.500. The Morgan fingerprint density at radius 1 is 1.36 bits per heavy atom. The Hall–Kier alpha value is -1.39. The average molecular weight is 318 g/mol. The summed E-state index contributed by atoms with van der Waals surface area (Å²) in [5, 5.41) is 0. The molecule has 0 bridgehead atoms. The van der Waals surface area contributed by atoms with Crippen LogP contribution in [-0.4, -0.2) is 33.0 Å². The molecule has 2 rings (SSSR count). The van der Waals surface area contributed by atoms with Crippen LogP contribution in [0, 0.1) is 6.92 Å². The topological polar surface area (TPSA) is 30.8 Å². The molecule has 0 fully saturated rings. The lowest BCUT2D eigenvalue weighted by molar-refractivity contribution is 0.279. The second kappa shape index (κ2) is 6.38. The molecule has 3 nitrogen and oxygen atoms in total. The molecule has 0 aliphatic carbocycles. The molecule has 22 heavy (non-hydrogen) atoms. The first-order valence-electron chi connectivity index (χ1n) is 7.90. The SMILES string of the molecule is CCO[Si](C)(C)/C=C/c1cccc(C)c1C1=NC(C)(C)CO1. The second-order valence-electron chi connectivity index (χ2n) is 6.93. The molecule has 1 aromatic rings. The number of ether oxygens (including phenoxy) is 1. The molecule has 0 saturated carbocycles. The number of aryl methyl sites for hydroxylation is 1. The highest BCUT2D eigenvalue weighted by molar-refractivity contribution is 6.76. The van der Waals surface area contributed by atoms with Crippen LogP contribution in [0.25, 0.3) is 6.08 Å². The molecule has 0 saturated heterocycles. The molecule has 4 heteroatoms. The van der Waals surface area contributed by atoms with Crippen LogP contribution in [0.4, 0.5) is 0 Å². The molecular formula is C18H27NO2Si. The molecule has 0 spiro atoms. The number of nitrogens with zero attached hydrogens (tertiary/aromatic N) is 1. The minimum Gasteiger partial charge on any atom is -0.475 e. The van der Waals surface area contributed by atoms with E-state index in [1.165, 1.54) is 5.56 Å². The Morgan fingerprint density at radius 3 is 2.68 bits per heavy atom. The van der Waals surface area contributed by atoms with Gasteiger partial charge in [-0.1, -0.05) is 30.0 Å². The average Bonchev–Trinajstić information content (AvgIpc) is 2.76. The van der Waals surface area contributed by atoms with Crippen LogP contribution >= 0.6 is 0 Å². The third-order valence-electron chi connectivity index (χ3n) is 3.67. The van der Waals surface area contributed by atoms with Gasteiger partial charge in [0.15, 0.2) is 0 Å². The van der Waals surface area contributed by atoms with Crippen molar-refractivity contribution in [3.63, 3.8) is 0 Å². The number of benzene rings is 1. The summed E-state index contributed by atoms with van der Waals surface area (Å²) in [6, 6.07) is 6.30. The lowest BCUT2D eigenvalue weighted by Crippen LogP contribution is -2.27. The van der Waals surface area contributed by atoms with E-state index in [9.17, 15) is 0 Å². The minimum atomic E-state index is -1.76. The summed E-state index contributed by atoms with van der Waals surface area (Å²) in [6.45, 7) is 14.1. The monoisotopic (exact) mass is 317 g/mol. The van der Waals surface area contributed by atoms with E-state index in [0.717, 1.165) is 23.6 Å². The second-order valence-corrected chi connectivity index (χ2v) is 10.8. The largest absolute Gasteiger partial charge is 0.475 e. The van der Waals surface area contributed by atoms with Gasteiger partial charge >= 0.3 is 0 Å². The van der Waals surface area contributed by atoms with Gasteiger partial charge in [-0.05, 0) is 51.9 Å². The highest BCUT2D eigenvalue weighted by atomic mass is 28.4. The summed E-state index contributed by atoms with van der Waals surface area (Å²) in [4.78, 5) is 4.73. The van der Waals surface area contributed by atoms with Gasteiger partial charge in [0, 0.05) is 12.2 Å². The number of rotatable bonds is 5. The Kier molecular flexibility index (Phi) is 4.92. The van der Waals surface area contributed by atoms with Crippen LogP contribution in [-0.2, 0) is 9.16 Å².